The summed E-state index contributed by atoms with van der Waals surface area (Å²) >= 11 is 4.00. The van der Waals surface area contributed by atoms with E-state index in [1.165, 1.54) is 17.1 Å². The lowest BCUT2D eigenvalue weighted by atomic mass is 10.1. The van der Waals surface area contributed by atoms with Crippen LogP contribution in [0.2, 0.25) is 0 Å². The average molecular weight is 308 g/mol. The molecule has 0 radical (unpaired) electrons. The van der Waals surface area contributed by atoms with E-state index < -0.39 is 0 Å². The van der Waals surface area contributed by atoms with Crippen LogP contribution in [0.1, 0.15) is 27.4 Å². The van der Waals surface area contributed by atoms with Crippen LogP contribution >= 0.6 is 23.5 Å². The van der Waals surface area contributed by atoms with E-state index in [9.17, 15) is 4.79 Å². The van der Waals surface area contributed by atoms with Crippen molar-refractivity contribution < 1.29 is 4.79 Å². The number of amides is 1. The van der Waals surface area contributed by atoms with E-state index in [0.29, 0.717) is 4.58 Å². The molecule has 3 rings (SSSR count). The molecule has 0 spiro atoms. The van der Waals surface area contributed by atoms with E-state index in [0.717, 1.165) is 25.2 Å². The van der Waals surface area contributed by atoms with Gasteiger partial charge in [-0.3, -0.25) is 4.79 Å². The standard InChI is InChI=1S/C15H20N2OS2/c1-11-10-16-6-7-17(11)14(18)12-2-4-13(5-3-12)15-19-8-9-20-15/h2-5,11,15-16H,6-10H2,1H3/t11-/m0/s1. The summed E-state index contributed by atoms with van der Waals surface area (Å²) in [7, 11) is 0. The third-order valence-corrected chi connectivity index (χ3v) is 6.92. The topological polar surface area (TPSA) is 32.3 Å². The number of hydrogen-bond acceptors (Lipinski definition) is 4. The molecule has 0 unspecified atom stereocenters. The average Bonchev–Trinajstić information content (AvgIpc) is 3.01. The van der Waals surface area contributed by atoms with Crippen LogP contribution in [-0.2, 0) is 0 Å². The number of rotatable bonds is 2. The Labute approximate surface area is 128 Å². The summed E-state index contributed by atoms with van der Waals surface area (Å²) in [6, 6.07) is 8.50. The molecule has 3 nitrogen and oxygen atoms in total. The van der Waals surface area contributed by atoms with Crippen molar-refractivity contribution in [2.45, 2.75) is 17.5 Å². The Kier molecular flexibility index (Phi) is 4.58. The number of benzene rings is 1. The normalized spacial score (nSPS) is 24.1. The molecule has 0 aromatic heterocycles. The summed E-state index contributed by atoms with van der Waals surface area (Å²) in [5.41, 5.74) is 2.15. The van der Waals surface area contributed by atoms with Crippen molar-refractivity contribution in [2.75, 3.05) is 31.1 Å². The molecular formula is C15H20N2OS2. The monoisotopic (exact) mass is 308 g/mol. The Morgan fingerprint density at radius 3 is 2.60 bits per heavy atom. The van der Waals surface area contributed by atoms with Crippen LogP contribution in [0.4, 0.5) is 0 Å². The molecule has 2 aliphatic heterocycles. The third-order valence-electron chi connectivity index (χ3n) is 3.81. The number of piperazine rings is 1. The summed E-state index contributed by atoms with van der Waals surface area (Å²) in [5.74, 6) is 2.63. The zero-order valence-electron chi connectivity index (χ0n) is 11.7. The molecule has 0 aliphatic carbocycles. The van der Waals surface area contributed by atoms with Gasteiger partial charge in [0.15, 0.2) is 0 Å². The number of carbonyl (C=O) groups excluding carboxylic acids is 1. The van der Waals surface area contributed by atoms with Crippen LogP contribution in [0.25, 0.3) is 0 Å². The molecule has 2 heterocycles. The van der Waals surface area contributed by atoms with Crippen LogP contribution in [-0.4, -0.2) is 48.0 Å². The molecule has 2 saturated heterocycles. The summed E-state index contributed by atoms with van der Waals surface area (Å²) in [4.78, 5) is 14.5. The van der Waals surface area contributed by atoms with E-state index in [1.54, 1.807) is 0 Å². The van der Waals surface area contributed by atoms with Crippen LogP contribution in [0.15, 0.2) is 24.3 Å². The van der Waals surface area contributed by atoms with Gasteiger partial charge in [-0.2, -0.15) is 0 Å². The van der Waals surface area contributed by atoms with Crippen LogP contribution in [0.3, 0.4) is 0 Å². The first kappa shape index (κ1) is 14.3. The lowest BCUT2D eigenvalue weighted by Gasteiger charge is -2.34. The van der Waals surface area contributed by atoms with Gasteiger partial charge in [0, 0.05) is 42.7 Å². The molecule has 0 saturated carbocycles. The highest BCUT2D eigenvalue weighted by molar-refractivity contribution is 8.19. The zero-order chi connectivity index (χ0) is 13.9. The van der Waals surface area contributed by atoms with Crippen LogP contribution < -0.4 is 5.32 Å². The minimum absolute atomic E-state index is 0.164. The summed E-state index contributed by atoms with van der Waals surface area (Å²) in [5, 5.41) is 3.32. The van der Waals surface area contributed by atoms with Gasteiger partial charge in [0.25, 0.3) is 5.91 Å². The van der Waals surface area contributed by atoms with Gasteiger partial charge in [0.1, 0.15) is 0 Å². The van der Waals surface area contributed by atoms with Crippen LogP contribution in [0, 0.1) is 0 Å². The van der Waals surface area contributed by atoms with E-state index in [-0.39, 0.29) is 11.9 Å². The van der Waals surface area contributed by atoms with Gasteiger partial charge in [0.05, 0.1) is 4.58 Å². The number of carbonyl (C=O) groups is 1. The van der Waals surface area contributed by atoms with Crippen molar-refractivity contribution in [2.24, 2.45) is 0 Å². The molecule has 20 heavy (non-hydrogen) atoms. The quantitative estimate of drug-likeness (QED) is 0.910. The van der Waals surface area contributed by atoms with Crippen molar-refractivity contribution in [1.82, 2.24) is 10.2 Å². The van der Waals surface area contributed by atoms with E-state index in [4.69, 9.17) is 0 Å². The molecule has 0 bridgehead atoms. The van der Waals surface area contributed by atoms with E-state index in [2.05, 4.69) is 24.4 Å². The first-order valence-electron chi connectivity index (χ1n) is 7.10. The molecule has 1 amide bonds. The van der Waals surface area contributed by atoms with Gasteiger partial charge >= 0.3 is 0 Å². The zero-order valence-corrected chi connectivity index (χ0v) is 13.3. The maximum atomic E-state index is 12.5. The SMILES string of the molecule is C[C@H]1CNCCN1C(=O)c1ccc(C2SCCS2)cc1. The van der Waals surface area contributed by atoms with E-state index >= 15 is 0 Å². The largest absolute Gasteiger partial charge is 0.333 e. The van der Waals surface area contributed by atoms with Crippen molar-refractivity contribution in [3.63, 3.8) is 0 Å². The molecule has 1 aromatic rings. The molecule has 1 aromatic carbocycles. The Morgan fingerprint density at radius 2 is 1.95 bits per heavy atom. The first-order valence-corrected chi connectivity index (χ1v) is 9.20. The Morgan fingerprint density at radius 1 is 1.25 bits per heavy atom. The van der Waals surface area contributed by atoms with Crippen molar-refractivity contribution in [3.05, 3.63) is 35.4 Å². The minimum atomic E-state index is 0.164. The molecule has 1 atom stereocenters. The number of nitrogens with zero attached hydrogens (tertiary/aromatic N) is 1. The molecule has 108 valence electrons. The molecule has 5 heteroatoms. The second-order valence-electron chi connectivity index (χ2n) is 5.25. The molecule has 1 N–H and O–H groups in total. The Hall–Kier alpha value is -0.650. The maximum Gasteiger partial charge on any atom is 0.254 e. The number of thioether (sulfide) groups is 2. The number of hydrogen-bond donors (Lipinski definition) is 1. The Bertz CT molecular complexity index is 471. The fraction of sp³-hybridized carbons (Fsp3) is 0.533. The van der Waals surface area contributed by atoms with Crippen molar-refractivity contribution in [1.29, 1.82) is 0 Å². The summed E-state index contributed by atoms with van der Waals surface area (Å²) in [6.45, 7) is 4.68. The van der Waals surface area contributed by atoms with E-state index in [1.807, 2.05) is 40.6 Å². The van der Waals surface area contributed by atoms with Gasteiger partial charge < -0.3 is 10.2 Å². The highest BCUT2D eigenvalue weighted by Crippen LogP contribution is 2.45. The molecular weight excluding hydrogens is 288 g/mol. The van der Waals surface area contributed by atoms with Gasteiger partial charge in [-0.05, 0) is 24.6 Å². The minimum Gasteiger partial charge on any atom is -0.333 e. The van der Waals surface area contributed by atoms with Crippen LogP contribution in [0.5, 0.6) is 0 Å². The lowest BCUT2D eigenvalue weighted by molar-refractivity contribution is 0.0656. The predicted octanol–water partition coefficient (Wildman–Crippen LogP) is 2.60. The van der Waals surface area contributed by atoms with Gasteiger partial charge in [-0.1, -0.05) is 12.1 Å². The van der Waals surface area contributed by atoms with Crippen molar-refractivity contribution >= 4 is 29.4 Å². The highest BCUT2D eigenvalue weighted by Gasteiger charge is 2.24. The molecule has 2 fully saturated rings. The Balaban J connectivity index is 1.71. The maximum absolute atomic E-state index is 12.5. The van der Waals surface area contributed by atoms with Gasteiger partial charge in [-0.25, -0.2) is 0 Å². The first-order chi connectivity index (χ1) is 9.75. The number of nitrogens with one attached hydrogen (secondary N) is 1. The summed E-state index contributed by atoms with van der Waals surface area (Å²) in [6.07, 6.45) is 0. The predicted molar refractivity (Wildman–Crippen MR) is 87.5 cm³/mol. The smallest absolute Gasteiger partial charge is 0.254 e. The van der Waals surface area contributed by atoms with Gasteiger partial charge in [0.2, 0.25) is 0 Å². The fourth-order valence-corrected chi connectivity index (χ4v) is 5.50. The van der Waals surface area contributed by atoms with Gasteiger partial charge in [-0.15, -0.1) is 23.5 Å². The second-order valence-corrected chi connectivity index (χ2v) is 7.97. The lowest BCUT2D eigenvalue weighted by Crippen LogP contribution is -2.52. The fourth-order valence-electron chi connectivity index (χ4n) is 2.64. The highest BCUT2D eigenvalue weighted by atomic mass is 32.2. The summed E-state index contributed by atoms with van der Waals surface area (Å²) < 4.78 is 0.553. The third kappa shape index (κ3) is 3.00. The second kappa shape index (κ2) is 6.41. The molecule has 2 aliphatic rings. The van der Waals surface area contributed by atoms with Crippen molar-refractivity contribution in [3.8, 4) is 0 Å².